The molecular formula is C20H20N4O2S2. The number of thiophene rings is 1. The van der Waals surface area contributed by atoms with Crippen LogP contribution in [-0.2, 0) is 24.1 Å². The largest absolute Gasteiger partial charge is 0.465 e. The van der Waals surface area contributed by atoms with E-state index in [0.717, 1.165) is 29.8 Å². The van der Waals surface area contributed by atoms with E-state index in [9.17, 15) is 4.79 Å². The number of carbonyl (C=O) groups is 1. The zero-order valence-corrected chi connectivity index (χ0v) is 17.0. The normalized spacial score (nSPS) is 12.5. The van der Waals surface area contributed by atoms with Gasteiger partial charge in [0.2, 0.25) is 0 Å². The number of anilines is 2. The van der Waals surface area contributed by atoms with Crippen LogP contribution >= 0.6 is 23.6 Å². The van der Waals surface area contributed by atoms with Crippen LogP contribution in [0.5, 0.6) is 0 Å². The Morgan fingerprint density at radius 3 is 2.86 bits per heavy atom. The zero-order valence-electron chi connectivity index (χ0n) is 15.4. The van der Waals surface area contributed by atoms with E-state index in [4.69, 9.17) is 17.0 Å². The van der Waals surface area contributed by atoms with Crippen molar-refractivity contribution in [2.75, 3.05) is 17.7 Å². The van der Waals surface area contributed by atoms with Crippen molar-refractivity contribution in [2.45, 2.75) is 25.8 Å². The average Bonchev–Trinajstić information content (AvgIpc) is 3.38. The highest BCUT2D eigenvalue weighted by atomic mass is 32.1. The molecule has 0 fully saturated rings. The molecule has 0 unspecified atom stereocenters. The highest BCUT2D eigenvalue weighted by Gasteiger charge is 2.27. The maximum Gasteiger partial charge on any atom is 0.341 e. The monoisotopic (exact) mass is 412 g/mol. The van der Waals surface area contributed by atoms with Crippen LogP contribution in [0.25, 0.3) is 0 Å². The van der Waals surface area contributed by atoms with Gasteiger partial charge in [-0.15, -0.1) is 11.3 Å². The lowest BCUT2D eigenvalue weighted by atomic mass is 10.1. The number of benzene rings is 1. The quantitative estimate of drug-likeness (QED) is 0.486. The first-order valence-corrected chi connectivity index (χ1v) is 10.2. The number of carbonyl (C=O) groups excluding carboxylic acids is 1. The second kappa shape index (κ2) is 8.12. The molecule has 28 heavy (non-hydrogen) atoms. The topological polar surface area (TPSA) is 68.2 Å². The summed E-state index contributed by atoms with van der Waals surface area (Å²) in [5.74, 6) is 0.328. The standard InChI is InChI=1S/C20H20N4O2S2/c1-26-19(25)17-14-8-5-9-15(14)28-18(17)22-20(27)21-16-10-11-24(23-16)12-13-6-3-2-4-7-13/h2-4,6-7,10-11H,5,8-9,12H2,1H3,(H2,21,22,23,27). The Morgan fingerprint density at radius 2 is 2.07 bits per heavy atom. The van der Waals surface area contributed by atoms with Crippen molar-refractivity contribution in [3.63, 3.8) is 0 Å². The molecule has 1 aliphatic carbocycles. The number of fused-ring (bicyclic) bond motifs is 1. The third kappa shape index (κ3) is 3.93. The summed E-state index contributed by atoms with van der Waals surface area (Å²) >= 11 is 7.00. The van der Waals surface area contributed by atoms with E-state index in [1.807, 2.05) is 35.1 Å². The molecule has 1 aromatic carbocycles. The lowest BCUT2D eigenvalue weighted by Gasteiger charge is -2.09. The van der Waals surface area contributed by atoms with Crippen LogP contribution < -0.4 is 10.6 Å². The first kappa shape index (κ1) is 18.6. The minimum atomic E-state index is -0.322. The summed E-state index contributed by atoms with van der Waals surface area (Å²) in [6.45, 7) is 0.687. The Hall–Kier alpha value is -2.71. The van der Waals surface area contributed by atoms with E-state index in [0.29, 0.717) is 23.0 Å². The SMILES string of the molecule is COC(=O)c1c(NC(=S)Nc2ccn(Cc3ccccc3)n2)sc2c1CCC2. The summed E-state index contributed by atoms with van der Waals surface area (Å²) in [7, 11) is 1.40. The number of rotatable bonds is 5. The van der Waals surface area contributed by atoms with E-state index >= 15 is 0 Å². The van der Waals surface area contributed by atoms with Crippen molar-refractivity contribution in [1.82, 2.24) is 9.78 Å². The Morgan fingerprint density at radius 1 is 1.25 bits per heavy atom. The molecule has 2 heterocycles. The predicted molar refractivity (Wildman–Crippen MR) is 115 cm³/mol. The van der Waals surface area contributed by atoms with Gasteiger partial charge in [-0.1, -0.05) is 30.3 Å². The molecule has 4 rings (SSSR count). The van der Waals surface area contributed by atoms with Crippen LogP contribution in [0.15, 0.2) is 42.6 Å². The minimum absolute atomic E-state index is 0.322. The fourth-order valence-electron chi connectivity index (χ4n) is 3.35. The maximum absolute atomic E-state index is 12.2. The first-order valence-electron chi connectivity index (χ1n) is 9.02. The lowest BCUT2D eigenvalue weighted by molar-refractivity contribution is 0.0601. The molecule has 3 aromatic rings. The number of hydrogen-bond acceptors (Lipinski definition) is 5. The Labute approximate surface area is 172 Å². The Bertz CT molecular complexity index is 1010. The number of aryl methyl sites for hydroxylation is 1. The first-order chi connectivity index (χ1) is 13.6. The number of esters is 1. The summed E-state index contributed by atoms with van der Waals surface area (Å²) < 4.78 is 6.82. The van der Waals surface area contributed by atoms with Gasteiger partial charge in [0.1, 0.15) is 5.00 Å². The Balaban J connectivity index is 1.44. The van der Waals surface area contributed by atoms with Gasteiger partial charge in [-0.3, -0.25) is 4.68 Å². The lowest BCUT2D eigenvalue weighted by Crippen LogP contribution is -2.20. The van der Waals surface area contributed by atoms with Crippen molar-refractivity contribution in [1.29, 1.82) is 0 Å². The van der Waals surface area contributed by atoms with Gasteiger partial charge in [0, 0.05) is 17.1 Å². The molecule has 0 amide bonds. The minimum Gasteiger partial charge on any atom is -0.465 e. The third-order valence-electron chi connectivity index (χ3n) is 4.61. The van der Waals surface area contributed by atoms with Crippen LogP contribution in [0.1, 0.15) is 32.8 Å². The van der Waals surface area contributed by atoms with E-state index < -0.39 is 0 Å². The maximum atomic E-state index is 12.2. The predicted octanol–water partition coefficient (Wildman–Crippen LogP) is 4.08. The van der Waals surface area contributed by atoms with Crippen LogP contribution in [0, 0.1) is 0 Å². The molecule has 0 aliphatic heterocycles. The van der Waals surface area contributed by atoms with Gasteiger partial charge in [0.05, 0.1) is 19.2 Å². The van der Waals surface area contributed by atoms with E-state index in [2.05, 4.69) is 27.9 Å². The van der Waals surface area contributed by atoms with Crippen molar-refractivity contribution in [2.24, 2.45) is 0 Å². The van der Waals surface area contributed by atoms with Crippen LogP contribution in [0.2, 0.25) is 0 Å². The molecule has 2 aromatic heterocycles. The molecule has 0 bridgehead atoms. The van der Waals surface area contributed by atoms with Crippen LogP contribution in [0.4, 0.5) is 10.8 Å². The van der Waals surface area contributed by atoms with Crippen molar-refractivity contribution in [3.05, 3.63) is 64.2 Å². The van der Waals surface area contributed by atoms with Gasteiger partial charge in [-0.2, -0.15) is 5.10 Å². The summed E-state index contributed by atoms with van der Waals surface area (Å²) in [5, 5.41) is 11.9. The van der Waals surface area contributed by atoms with Crippen LogP contribution in [-0.4, -0.2) is 28.0 Å². The van der Waals surface area contributed by atoms with Crippen molar-refractivity contribution in [3.8, 4) is 0 Å². The van der Waals surface area contributed by atoms with Crippen molar-refractivity contribution < 1.29 is 9.53 Å². The van der Waals surface area contributed by atoms with Gasteiger partial charge in [-0.05, 0) is 42.6 Å². The van der Waals surface area contributed by atoms with Gasteiger partial charge in [0.15, 0.2) is 10.9 Å². The smallest absolute Gasteiger partial charge is 0.341 e. The molecule has 0 saturated carbocycles. The molecule has 0 saturated heterocycles. The fourth-order valence-corrected chi connectivity index (χ4v) is 4.90. The highest BCUT2D eigenvalue weighted by Crippen LogP contribution is 2.39. The van der Waals surface area contributed by atoms with Gasteiger partial charge in [0.25, 0.3) is 0 Å². The van der Waals surface area contributed by atoms with E-state index in [1.54, 1.807) is 11.3 Å². The van der Waals surface area contributed by atoms with Crippen molar-refractivity contribution >= 4 is 45.5 Å². The zero-order chi connectivity index (χ0) is 19.5. The molecule has 0 spiro atoms. The molecular weight excluding hydrogens is 392 g/mol. The van der Waals surface area contributed by atoms with Crippen LogP contribution in [0.3, 0.4) is 0 Å². The third-order valence-corrected chi connectivity index (χ3v) is 6.02. The number of nitrogens with one attached hydrogen (secondary N) is 2. The number of ether oxygens (including phenoxy) is 1. The number of methoxy groups -OCH3 is 1. The molecule has 0 radical (unpaired) electrons. The second-order valence-electron chi connectivity index (χ2n) is 6.52. The molecule has 144 valence electrons. The summed E-state index contributed by atoms with van der Waals surface area (Å²) in [6, 6.07) is 12.0. The van der Waals surface area contributed by atoms with Gasteiger partial charge >= 0.3 is 5.97 Å². The summed E-state index contributed by atoms with van der Waals surface area (Å²) in [4.78, 5) is 13.5. The molecule has 0 atom stereocenters. The van der Waals surface area contributed by atoms with E-state index in [1.165, 1.54) is 17.6 Å². The molecule has 6 nitrogen and oxygen atoms in total. The number of thiocarbonyl (C=S) groups is 1. The van der Waals surface area contributed by atoms with E-state index in [-0.39, 0.29) is 5.97 Å². The average molecular weight is 413 g/mol. The summed E-state index contributed by atoms with van der Waals surface area (Å²) in [6.07, 6.45) is 4.88. The summed E-state index contributed by atoms with van der Waals surface area (Å²) in [5.41, 5.74) is 2.88. The number of nitrogens with zero attached hydrogens (tertiary/aromatic N) is 2. The Kier molecular flexibility index (Phi) is 5.40. The fraction of sp³-hybridized carbons (Fsp3) is 0.250. The number of aromatic nitrogens is 2. The molecule has 1 aliphatic rings. The molecule has 2 N–H and O–H groups in total. The molecule has 8 heteroatoms. The highest BCUT2D eigenvalue weighted by molar-refractivity contribution is 7.80. The second-order valence-corrected chi connectivity index (χ2v) is 8.03. The number of hydrogen-bond donors (Lipinski definition) is 2. The van der Waals surface area contributed by atoms with Gasteiger partial charge in [-0.25, -0.2) is 4.79 Å². The van der Waals surface area contributed by atoms with Gasteiger partial charge < -0.3 is 15.4 Å².